The molecule has 0 spiro atoms. The smallest absolute Gasteiger partial charge is 0.193 e. The molecule has 4 nitrogen and oxygen atoms in total. The van der Waals surface area contributed by atoms with Gasteiger partial charge in [-0.25, -0.2) is 0 Å². The fraction of sp³-hybridized carbons (Fsp3) is 0.650. The molecule has 1 aromatic carbocycles. The van der Waals surface area contributed by atoms with Crippen LogP contribution in [0.5, 0.6) is 0 Å². The van der Waals surface area contributed by atoms with Gasteiger partial charge < -0.3 is 15.0 Å². The molecular weight excluding hydrogens is 425 g/mol. The van der Waals surface area contributed by atoms with Gasteiger partial charge in [0, 0.05) is 40.4 Å². The predicted octanol–water partition coefficient (Wildman–Crippen LogP) is 3.79. The minimum absolute atomic E-state index is 0. The highest BCUT2D eigenvalue weighted by atomic mass is 127. The van der Waals surface area contributed by atoms with E-state index in [0.717, 1.165) is 44.6 Å². The molecule has 0 aliphatic carbocycles. The van der Waals surface area contributed by atoms with Gasteiger partial charge >= 0.3 is 0 Å². The average Bonchev–Trinajstić information content (AvgIpc) is 2.57. The molecule has 0 aromatic heterocycles. The average molecular weight is 459 g/mol. The van der Waals surface area contributed by atoms with E-state index in [4.69, 9.17) is 4.74 Å². The zero-order valence-corrected chi connectivity index (χ0v) is 18.5. The molecule has 1 aliphatic heterocycles. The molecule has 1 heterocycles. The van der Waals surface area contributed by atoms with E-state index in [1.54, 1.807) is 0 Å². The highest BCUT2D eigenvalue weighted by Crippen LogP contribution is 2.18. The van der Waals surface area contributed by atoms with E-state index in [9.17, 15) is 0 Å². The third kappa shape index (κ3) is 7.94. The van der Waals surface area contributed by atoms with Crippen molar-refractivity contribution in [2.24, 2.45) is 10.9 Å². The summed E-state index contributed by atoms with van der Waals surface area (Å²) >= 11 is 0. The SMILES string of the molecule is CN=C(NCCc1cc(C)cc(C)c1)N(C)CCC1CCOCC1.I. The number of hydrogen-bond donors (Lipinski definition) is 1. The summed E-state index contributed by atoms with van der Waals surface area (Å²) in [4.78, 5) is 6.67. The number of hydrogen-bond acceptors (Lipinski definition) is 2. The van der Waals surface area contributed by atoms with Crippen LogP contribution < -0.4 is 5.32 Å². The van der Waals surface area contributed by atoms with Crippen LogP contribution in [0.1, 0.15) is 36.0 Å². The van der Waals surface area contributed by atoms with Crippen molar-refractivity contribution >= 4 is 29.9 Å². The maximum atomic E-state index is 5.44. The van der Waals surface area contributed by atoms with E-state index < -0.39 is 0 Å². The maximum Gasteiger partial charge on any atom is 0.193 e. The summed E-state index contributed by atoms with van der Waals surface area (Å²) in [6, 6.07) is 6.76. The van der Waals surface area contributed by atoms with Crippen LogP contribution in [0.3, 0.4) is 0 Å². The second-order valence-corrected chi connectivity index (χ2v) is 6.99. The number of benzene rings is 1. The number of ether oxygens (including phenoxy) is 1. The van der Waals surface area contributed by atoms with Crippen molar-refractivity contribution in [2.75, 3.05) is 40.4 Å². The third-order valence-corrected chi connectivity index (χ3v) is 4.77. The highest BCUT2D eigenvalue weighted by molar-refractivity contribution is 14.0. The van der Waals surface area contributed by atoms with Gasteiger partial charge in [-0.15, -0.1) is 24.0 Å². The van der Waals surface area contributed by atoms with Crippen molar-refractivity contribution < 1.29 is 4.74 Å². The zero-order chi connectivity index (χ0) is 17.4. The standard InChI is InChI=1S/C20H33N3O.HI/c1-16-13-17(2)15-19(14-16)5-9-22-20(21-3)23(4)10-6-18-7-11-24-12-8-18;/h13-15,18H,5-12H2,1-4H3,(H,21,22);1H. The molecule has 0 atom stereocenters. The number of nitrogens with one attached hydrogen (secondary N) is 1. The fourth-order valence-electron chi connectivity index (χ4n) is 3.43. The minimum Gasteiger partial charge on any atom is -0.381 e. The largest absolute Gasteiger partial charge is 0.381 e. The fourth-order valence-corrected chi connectivity index (χ4v) is 3.43. The van der Waals surface area contributed by atoms with Gasteiger partial charge in [-0.2, -0.15) is 0 Å². The maximum absolute atomic E-state index is 5.44. The van der Waals surface area contributed by atoms with E-state index in [1.165, 1.54) is 36.0 Å². The summed E-state index contributed by atoms with van der Waals surface area (Å²) in [6.07, 6.45) is 4.64. The monoisotopic (exact) mass is 459 g/mol. The van der Waals surface area contributed by atoms with E-state index in [-0.39, 0.29) is 24.0 Å². The van der Waals surface area contributed by atoms with Gasteiger partial charge in [0.05, 0.1) is 0 Å². The molecule has 0 unspecified atom stereocenters. The summed E-state index contributed by atoms with van der Waals surface area (Å²) in [5, 5.41) is 3.50. The number of guanidine groups is 1. The van der Waals surface area contributed by atoms with E-state index in [1.807, 2.05) is 7.05 Å². The minimum atomic E-state index is 0. The first kappa shape index (κ1) is 22.2. The van der Waals surface area contributed by atoms with Gasteiger partial charge in [-0.1, -0.05) is 29.3 Å². The second kappa shape index (κ2) is 11.7. The van der Waals surface area contributed by atoms with E-state index in [0.29, 0.717) is 0 Å². The van der Waals surface area contributed by atoms with Crippen LogP contribution in [0.4, 0.5) is 0 Å². The van der Waals surface area contributed by atoms with Crippen molar-refractivity contribution in [3.8, 4) is 0 Å². The molecule has 25 heavy (non-hydrogen) atoms. The molecule has 1 saturated heterocycles. The summed E-state index contributed by atoms with van der Waals surface area (Å²) in [7, 11) is 4.00. The Kier molecular flexibility index (Phi) is 10.4. The molecule has 0 saturated carbocycles. The lowest BCUT2D eigenvalue weighted by Gasteiger charge is -2.26. The molecule has 2 rings (SSSR count). The van der Waals surface area contributed by atoms with Crippen LogP contribution in [-0.2, 0) is 11.2 Å². The van der Waals surface area contributed by atoms with Gasteiger partial charge in [0.15, 0.2) is 5.96 Å². The Bertz CT molecular complexity index is 521. The van der Waals surface area contributed by atoms with Crippen LogP contribution in [-0.4, -0.2) is 51.3 Å². The molecule has 0 amide bonds. The van der Waals surface area contributed by atoms with Crippen molar-refractivity contribution in [1.29, 1.82) is 0 Å². The molecule has 0 radical (unpaired) electrons. The van der Waals surface area contributed by atoms with Crippen LogP contribution in [0.25, 0.3) is 0 Å². The normalized spacial score (nSPS) is 15.6. The Hall–Kier alpha value is -0.820. The van der Waals surface area contributed by atoms with E-state index >= 15 is 0 Å². The third-order valence-electron chi connectivity index (χ3n) is 4.77. The first-order valence-electron chi connectivity index (χ1n) is 9.15. The zero-order valence-electron chi connectivity index (χ0n) is 16.2. The van der Waals surface area contributed by atoms with Gasteiger partial charge in [0.1, 0.15) is 0 Å². The molecule has 142 valence electrons. The Balaban J connectivity index is 0.00000312. The van der Waals surface area contributed by atoms with E-state index in [2.05, 4.69) is 54.3 Å². The quantitative estimate of drug-likeness (QED) is 0.400. The van der Waals surface area contributed by atoms with Gasteiger partial charge in [-0.05, 0) is 51.0 Å². The molecule has 1 N–H and O–H groups in total. The lowest BCUT2D eigenvalue weighted by Crippen LogP contribution is -2.40. The number of halogens is 1. The molecule has 5 heteroatoms. The van der Waals surface area contributed by atoms with Crippen LogP contribution in [0.2, 0.25) is 0 Å². The van der Waals surface area contributed by atoms with Crippen LogP contribution in [0, 0.1) is 19.8 Å². The Morgan fingerprint density at radius 3 is 2.44 bits per heavy atom. The summed E-state index contributed by atoms with van der Waals surface area (Å²) in [5.74, 6) is 1.79. The van der Waals surface area contributed by atoms with Crippen molar-refractivity contribution in [2.45, 2.75) is 39.5 Å². The predicted molar refractivity (Wildman–Crippen MR) is 117 cm³/mol. The summed E-state index contributed by atoms with van der Waals surface area (Å²) in [5.41, 5.74) is 4.06. The van der Waals surface area contributed by atoms with Crippen molar-refractivity contribution in [3.05, 3.63) is 34.9 Å². The first-order valence-corrected chi connectivity index (χ1v) is 9.15. The summed E-state index contributed by atoms with van der Waals surface area (Å²) in [6.45, 7) is 8.14. The number of aryl methyl sites for hydroxylation is 2. The number of nitrogens with zero attached hydrogens (tertiary/aromatic N) is 2. The highest BCUT2D eigenvalue weighted by Gasteiger charge is 2.15. The first-order chi connectivity index (χ1) is 11.6. The van der Waals surface area contributed by atoms with Crippen LogP contribution in [0.15, 0.2) is 23.2 Å². The molecule has 1 fully saturated rings. The van der Waals surface area contributed by atoms with Gasteiger partial charge in [-0.3, -0.25) is 4.99 Å². The summed E-state index contributed by atoms with van der Waals surface area (Å²) < 4.78 is 5.44. The van der Waals surface area contributed by atoms with Gasteiger partial charge in [0.25, 0.3) is 0 Å². The van der Waals surface area contributed by atoms with Crippen LogP contribution >= 0.6 is 24.0 Å². The topological polar surface area (TPSA) is 36.9 Å². The van der Waals surface area contributed by atoms with Gasteiger partial charge in [0.2, 0.25) is 0 Å². The number of aliphatic imine (C=N–C) groups is 1. The Labute approximate surface area is 170 Å². The molecule has 0 bridgehead atoms. The van der Waals surface area contributed by atoms with Crippen molar-refractivity contribution in [1.82, 2.24) is 10.2 Å². The second-order valence-electron chi connectivity index (χ2n) is 6.99. The lowest BCUT2D eigenvalue weighted by molar-refractivity contribution is 0.0625. The Morgan fingerprint density at radius 1 is 1.20 bits per heavy atom. The van der Waals surface area contributed by atoms with Crippen molar-refractivity contribution in [3.63, 3.8) is 0 Å². The Morgan fingerprint density at radius 2 is 1.84 bits per heavy atom. The molecular formula is C20H34IN3O. The molecule has 1 aromatic rings. The number of rotatable bonds is 6. The lowest BCUT2D eigenvalue weighted by atomic mass is 9.96. The molecule has 1 aliphatic rings.